The first-order valence-corrected chi connectivity index (χ1v) is 10.9. The first-order chi connectivity index (χ1) is 13.4. The Hall–Kier alpha value is -2.38. The molecule has 1 fully saturated rings. The number of carbonyl (C=O) groups excluding carboxylic acids is 1. The van der Waals surface area contributed by atoms with Crippen LogP contribution in [0.15, 0.2) is 41.3 Å². The Kier molecular flexibility index (Phi) is 6.05. The zero-order chi connectivity index (χ0) is 20.3. The Bertz CT molecular complexity index is 980. The maximum atomic E-state index is 13.0. The van der Waals surface area contributed by atoms with Crippen LogP contribution in [0.5, 0.6) is 5.75 Å². The fourth-order valence-electron chi connectivity index (χ4n) is 3.47. The number of sulfonamides is 1. The summed E-state index contributed by atoms with van der Waals surface area (Å²) >= 11 is 0. The van der Waals surface area contributed by atoms with E-state index in [4.69, 9.17) is 4.74 Å². The highest BCUT2D eigenvalue weighted by atomic mass is 32.2. The van der Waals surface area contributed by atoms with Crippen LogP contribution in [0.2, 0.25) is 0 Å². The second-order valence-electron chi connectivity index (χ2n) is 6.89. The largest absolute Gasteiger partial charge is 0.495 e. The van der Waals surface area contributed by atoms with Crippen molar-refractivity contribution in [2.24, 2.45) is 0 Å². The molecule has 0 radical (unpaired) electrons. The molecule has 2 aromatic rings. The Labute approximate surface area is 166 Å². The van der Waals surface area contributed by atoms with Gasteiger partial charge in [-0.3, -0.25) is 4.79 Å². The molecule has 2 aromatic carbocycles. The van der Waals surface area contributed by atoms with E-state index in [1.165, 1.54) is 23.5 Å². The van der Waals surface area contributed by atoms with Gasteiger partial charge in [0.2, 0.25) is 10.0 Å². The molecule has 0 bridgehead atoms. The normalized spacial score (nSPS) is 14.8. The number of benzene rings is 2. The maximum absolute atomic E-state index is 13.0. The van der Waals surface area contributed by atoms with Crippen molar-refractivity contribution in [1.29, 1.82) is 0 Å². The molecule has 0 atom stereocenters. The van der Waals surface area contributed by atoms with Crippen LogP contribution in [0.25, 0.3) is 0 Å². The smallest absolute Gasteiger partial charge is 0.255 e. The van der Waals surface area contributed by atoms with Gasteiger partial charge in [-0.1, -0.05) is 25.1 Å². The summed E-state index contributed by atoms with van der Waals surface area (Å²) in [5, 5.41) is 2.94. The van der Waals surface area contributed by atoms with Crippen LogP contribution in [0.4, 0.5) is 5.69 Å². The van der Waals surface area contributed by atoms with Gasteiger partial charge < -0.3 is 10.1 Å². The van der Waals surface area contributed by atoms with E-state index in [-0.39, 0.29) is 22.1 Å². The van der Waals surface area contributed by atoms with Gasteiger partial charge in [0.25, 0.3) is 5.91 Å². The van der Waals surface area contributed by atoms with E-state index in [0.717, 1.165) is 36.1 Å². The average Bonchev–Trinajstić information content (AvgIpc) is 3.24. The van der Waals surface area contributed by atoms with Crippen molar-refractivity contribution >= 4 is 21.6 Å². The fourth-order valence-corrected chi connectivity index (χ4v) is 5.17. The van der Waals surface area contributed by atoms with Crippen molar-refractivity contribution in [1.82, 2.24) is 4.31 Å². The molecule has 1 saturated heterocycles. The summed E-state index contributed by atoms with van der Waals surface area (Å²) in [6.45, 7) is 4.94. The monoisotopic (exact) mass is 402 g/mol. The van der Waals surface area contributed by atoms with Crippen molar-refractivity contribution in [2.75, 3.05) is 25.5 Å². The number of carbonyl (C=O) groups is 1. The first kappa shape index (κ1) is 20.4. The third-order valence-corrected chi connectivity index (χ3v) is 7.01. The van der Waals surface area contributed by atoms with E-state index < -0.39 is 10.0 Å². The molecule has 1 amide bonds. The summed E-state index contributed by atoms with van der Waals surface area (Å²) in [6.07, 6.45) is 2.47. The summed E-state index contributed by atoms with van der Waals surface area (Å²) in [5.41, 5.74) is 3.05. The molecule has 0 spiro atoms. The highest BCUT2D eigenvalue weighted by Crippen LogP contribution is 2.30. The lowest BCUT2D eigenvalue weighted by Gasteiger charge is -2.18. The average molecular weight is 403 g/mol. The highest BCUT2D eigenvalue weighted by molar-refractivity contribution is 7.89. The van der Waals surface area contributed by atoms with E-state index in [0.29, 0.717) is 13.1 Å². The van der Waals surface area contributed by atoms with Crippen molar-refractivity contribution in [2.45, 2.75) is 38.0 Å². The lowest BCUT2D eigenvalue weighted by molar-refractivity contribution is 0.102. The minimum atomic E-state index is -3.70. The lowest BCUT2D eigenvalue weighted by Crippen LogP contribution is -2.28. The number of nitrogens with zero attached hydrogens (tertiary/aromatic N) is 1. The zero-order valence-corrected chi connectivity index (χ0v) is 17.3. The standard InChI is InChI=1S/C21H26N2O4S/c1-4-16-9-7-8-15(2)20(16)22-21(24)17-10-11-18(27-3)19(14-17)28(25,26)23-12-5-6-13-23/h7-11,14H,4-6,12-13H2,1-3H3,(H,22,24). The van der Waals surface area contributed by atoms with Crippen molar-refractivity contribution in [3.8, 4) is 5.75 Å². The van der Waals surface area contributed by atoms with E-state index >= 15 is 0 Å². The quantitative estimate of drug-likeness (QED) is 0.801. The lowest BCUT2D eigenvalue weighted by atomic mass is 10.1. The minimum Gasteiger partial charge on any atom is -0.495 e. The molecule has 0 aromatic heterocycles. The van der Waals surface area contributed by atoms with Crippen molar-refractivity contribution < 1.29 is 17.9 Å². The summed E-state index contributed by atoms with van der Waals surface area (Å²) in [6, 6.07) is 10.4. The van der Waals surface area contributed by atoms with Gasteiger partial charge in [-0.2, -0.15) is 4.31 Å². The second kappa shape index (κ2) is 8.32. The number of methoxy groups -OCH3 is 1. The highest BCUT2D eigenvalue weighted by Gasteiger charge is 2.30. The SMILES string of the molecule is CCc1cccc(C)c1NC(=O)c1ccc(OC)c(S(=O)(=O)N2CCCC2)c1. The van der Waals surface area contributed by atoms with Gasteiger partial charge in [-0.25, -0.2) is 8.42 Å². The third-order valence-electron chi connectivity index (χ3n) is 5.09. The molecule has 0 unspecified atom stereocenters. The Morgan fingerprint density at radius 1 is 1.18 bits per heavy atom. The van der Waals surface area contributed by atoms with Gasteiger partial charge in [0, 0.05) is 24.3 Å². The second-order valence-corrected chi connectivity index (χ2v) is 8.80. The predicted molar refractivity (Wildman–Crippen MR) is 109 cm³/mol. The number of rotatable bonds is 6. The number of anilines is 1. The molecular weight excluding hydrogens is 376 g/mol. The molecule has 0 saturated carbocycles. The summed E-state index contributed by atoms with van der Waals surface area (Å²) in [4.78, 5) is 12.9. The van der Waals surface area contributed by atoms with E-state index in [1.54, 1.807) is 6.07 Å². The van der Waals surface area contributed by atoms with Crippen LogP contribution in [-0.4, -0.2) is 38.8 Å². The van der Waals surface area contributed by atoms with E-state index in [1.807, 2.05) is 32.0 Å². The molecule has 1 aliphatic heterocycles. The van der Waals surface area contributed by atoms with Gasteiger partial charge in [0.1, 0.15) is 10.6 Å². The van der Waals surface area contributed by atoms with Gasteiger partial charge in [0.15, 0.2) is 0 Å². The van der Waals surface area contributed by atoms with Gasteiger partial charge >= 0.3 is 0 Å². The number of ether oxygens (including phenoxy) is 1. The Morgan fingerprint density at radius 3 is 2.54 bits per heavy atom. The van der Waals surface area contributed by atoms with Crippen molar-refractivity contribution in [3.05, 3.63) is 53.1 Å². The van der Waals surface area contributed by atoms with Gasteiger partial charge in [-0.15, -0.1) is 0 Å². The molecule has 6 nitrogen and oxygen atoms in total. The predicted octanol–water partition coefficient (Wildman–Crippen LogP) is 3.60. The van der Waals surface area contributed by atoms with Gasteiger partial charge in [0.05, 0.1) is 7.11 Å². The number of para-hydroxylation sites is 1. The molecule has 1 N–H and O–H groups in total. The molecule has 7 heteroatoms. The Morgan fingerprint density at radius 2 is 1.89 bits per heavy atom. The fraction of sp³-hybridized carbons (Fsp3) is 0.381. The van der Waals surface area contributed by atoms with Crippen LogP contribution in [-0.2, 0) is 16.4 Å². The van der Waals surface area contributed by atoms with Gasteiger partial charge in [-0.05, 0) is 55.5 Å². The zero-order valence-electron chi connectivity index (χ0n) is 16.5. The van der Waals surface area contributed by atoms with Crippen LogP contribution in [0, 0.1) is 6.92 Å². The number of aryl methyl sites for hydroxylation is 2. The summed E-state index contributed by atoms with van der Waals surface area (Å²) in [7, 11) is -2.27. The summed E-state index contributed by atoms with van der Waals surface area (Å²) < 4.78 is 32.7. The topological polar surface area (TPSA) is 75.7 Å². The molecule has 3 rings (SSSR count). The number of nitrogens with one attached hydrogen (secondary N) is 1. The van der Waals surface area contributed by atoms with E-state index in [9.17, 15) is 13.2 Å². The molecule has 28 heavy (non-hydrogen) atoms. The van der Waals surface area contributed by atoms with Crippen LogP contribution < -0.4 is 10.1 Å². The van der Waals surface area contributed by atoms with Crippen LogP contribution in [0.1, 0.15) is 41.3 Å². The first-order valence-electron chi connectivity index (χ1n) is 9.46. The molecule has 1 heterocycles. The van der Waals surface area contributed by atoms with Crippen LogP contribution >= 0.6 is 0 Å². The molecule has 150 valence electrons. The summed E-state index contributed by atoms with van der Waals surface area (Å²) in [5.74, 6) is -0.0990. The van der Waals surface area contributed by atoms with E-state index in [2.05, 4.69) is 5.32 Å². The number of hydrogen-bond acceptors (Lipinski definition) is 4. The van der Waals surface area contributed by atoms with Crippen molar-refractivity contribution in [3.63, 3.8) is 0 Å². The number of hydrogen-bond donors (Lipinski definition) is 1. The molecule has 0 aliphatic carbocycles. The van der Waals surface area contributed by atoms with Crippen LogP contribution in [0.3, 0.4) is 0 Å². The molecular formula is C21H26N2O4S. The maximum Gasteiger partial charge on any atom is 0.255 e. The third kappa shape index (κ3) is 3.91. The molecule has 1 aliphatic rings. The Balaban J connectivity index is 1.96. The minimum absolute atomic E-state index is 0.0325. The number of amides is 1.